The van der Waals surface area contributed by atoms with Crippen LogP contribution in [0.1, 0.15) is 10.5 Å². The number of aryl methyl sites for hydroxylation is 1. The summed E-state index contributed by atoms with van der Waals surface area (Å²) in [6, 6.07) is 8.11. The van der Waals surface area contributed by atoms with Crippen molar-refractivity contribution in [1.82, 2.24) is 24.1 Å². The lowest BCUT2D eigenvalue weighted by Gasteiger charge is -2.10. The van der Waals surface area contributed by atoms with Crippen molar-refractivity contribution in [3.63, 3.8) is 0 Å². The number of hydrogen-bond acceptors (Lipinski definition) is 4. The van der Waals surface area contributed by atoms with Crippen molar-refractivity contribution < 1.29 is 9.18 Å². The minimum Gasteiger partial charge on any atom is -0.334 e. The fraction of sp³-hybridized carbons (Fsp3) is 0.0588. The second-order valence-electron chi connectivity index (χ2n) is 5.50. The quantitative estimate of drug-likeness (QED) is 0.624. The molecular weight excluding hydrogens is 323 g/mol. The molecule has 0 aromatic carbocycles. The molecule has 124 valence electrons. The number of halogens is 1. The standard InChI is InChI=1S/C17H13FN6O/c1-23-10-19-9-15(23)11-6-13-4-5-21-24(13)14(7-11)17(25)22-16-3-2-12(18)8-20-16/h2-10H,1H3,(H,20,22,25). The van der Waals surface area contributed by atoms with Crippen LogP contribution in [0.25, 0.3) is 16.8 Å². The smallest absolute Gasteiger partial charge is 0.275 e. The molecule has 4 heterocycles. The number of hydrogen-bond donors (Lipinski definition) is 1. The summed E-state index contributed by atoms with van der Waals surface area (Å²) in [5.74, 6) is -0.597. The highest BCUT2D eigenvalue weighted by molar-refractivity contribution is 6.03. The van der Waals surface area contributed by atoms with Gasteiger partial charge in [-0.15, -0.1) is 0 Å². The largest absolute Gasteiger partial charge is 0.334 e. The summed E-state index contributed by atoms with van der Waals surface area (Å²) < 4.78 is 16.4. The lowest BCUT2D eigenvalue weighted by molar-refractivity contribution is 0.101. The lowest BCUT2D eigenvalue weighted by Crippen LogP contribution is -2.17. The fourth-order valence-corrected chi connectivity index (χ4v) is 2.61. The molecule has 0 atom stereocenters. The first-order chi connectivity index (χ1) is 12.1. The molecule has 7 nitrogen and oxygen atoms in total. The zero-order valence-corrected chi connectivity index (χ0v) is 13.2. The highest BCUT2D eigenvalue weighted by Gasteiger charge is 2.15. The Kier molecular flexibility index (Phi) is 3.50. The monoisotopic (exact) mass is 336 g/mol. The van der Waals surface area contributed by atoms with E-state index in [1.807, 2.05) is 23.7 Å². The second-order valence-corrected chi connectivity index (χ2v) is 5.50. The first kappa shape index (κ1) is 15.0. The van der Waals surface area contributed by atoms with E-state index in [0.717, 1.165) is 23.0 Å². The molecule has 25 heavy (non-hydrogen) atoms. The van der Waals surface area contributed by atoms with Crippen LogP contribution in [0, 0.1) is 5.82 Å². The molecule has 1 amide bonds. The summed E-state index contributed by atoms with van der Waals surface area (Å²) in [7, 11) is 1.88. The lowest BCUT2D eigenvalue weighted by atomic mass is 10.1. The third-order valence-electron chi connectivity index (χ3n) is 3.81. The molecule has 0 saturated carbocycles. The normalized spacial score (nSPS) is 11.0. The van der Waals surface area contributed by atoms with Crippen molar-refractivity contribution in [2.45, 2.75) is 0 Å². The van der Waals surface area contributed by atoms with Crippen molar-refractivity contribution in [2.24, 2.45) is 7.05 Å². The Labute approximate surface area is 141 Å². The van der Waals surface area contributed by atoms with E-state index in [2.05, 4.69) is 20.4 Å². The molecule has 0 unspecified atom stereocenters. The van der Waals surface area contributed by atoms with E-state index in [4.69, 9.17) is 0 Å². The summed E-state index contributed by atoms with van der Waals surface area (Å²) in [6.45, 7) is 0. The zero-order chi connectivity index (χ0) is 17.4. The van der Waals surface area contributed by atoms with Gasteiger partial charge in [0.05, 0.1) is 36.1 Å². The topological polar surface area (TPSA) is 77.1 Å². The molecule has 1 N–H and O–H groups in total. The van der Waals surface area contributed by atoms with Crippen LogP contribution < -0.4 is 5.32 Å². The number of nitrogens with zero attached hydrogens (tertiary/aromatic N) is 5. The van der Waals surface area contributed by atoms with Crippen molar-refractivity contribution in [3.8, 4) is 11.3 Å². The Morgan fingerprint density at radius 3 is 2.80 bits per heavy atom. The number of pyridine rings is 2. The molecule has 0 fully saturated rings. The van der Waals surface area contributed by atoms with E-state index in [9.17, 15) is 9.18 Å². The van der Waals surface area contributed by atoms with E-state index >= 15 is 0 Å². The third kappa shape index (κ3) is 2.74. The molecule has 0 saturated heterocycles. The van der Waals surface area contributed by atoms with Crippen LogP contribution in [0.5, 0.6) is 0 Å². The van der Waals surface area contributed by atoms with E-state index < -0.39 is 11.7 Å². The van der Waals surface area contributed by atoms with Gasteiger partial charge in [0.1, 0.15) is 17.3 Å². The number of nitrogens with one attached hydrogen (secondary N) is 1. The first-order valence-electron chi connectivity index (χ1n) is 7.49. The molecule has 0 aliphatic heterocycles. The summed E-state index contributed by atoms with van der Waals surface area (Å²) in [5.41, 5.74) is 2.82. The van der Waals surface area contributed by atoms with Crippen molar-refractivity contribution in [3.05, 3.63) is 66.8 Å². The predicted molar refractivity (Wildman–Crippen MR) is 89.5 cm³/mol. The van der Waals surface area contributed by atoms with Crippen molar-refractivity contribution >= 4 is 17.2 Å². The van der Waals surface area contributed by atoms with Crippen LogP contribution in [-0.2, 0) is 7.05 Å². The van der Waals surface area contributed by atoms with Crippen LogP contribution in [-0.4, -0.2) is 30.1 Å². The molecule has 8 heteroatoms. The van der Waals surface area contributed by atoms with Gasteiger partial charge in [0, 0.05) is 12.6 Å². The van der Waals surface area contributed by atoms with E-state index in [-0.39, 0.29) is 5.82 Å². The number of aromatic nitrogens is 5. The Morgan fingerprint density at radius 1 is 1.20 bits per heavy atom. The van der Waals surface area contributed by atoms with Crippen LogP contribution in [0.3, 0.4) is 0 Å². The first-order valence-corrected chi connectivity index (χ1v) is 7.49. The molecule has 0 aliphatic carbocycles. The number of fused-ring (bicyclic) bond motifs is 1. The summed E-state index contributed by atoms with van der Waals surface area (Å²) in [4.78, 5) is 20.6. The maximum Gasteiger partial charge on any atom is 0.275 e. The highest BCUT2D eigenvalue weighted by atomic mass is 19.1. The molecule has 0 spiro atoms. The molecule has 0 bridgehead atoms. The maximum atomic E-state index is 13.0. The summed E-state index contributed by atoms with van der Waals surface area (Å²) in [5, 5.41) is 6.85. The number of carbonyl (C=O) groups excluding carboxylic acids is 1. The number of amides is 1. The highest BCUT2D eigenvalue weighted by Crippen LogP contribution is 2.22. The Balaban J connectivity index is 1.77. The number of rotatable bonds is 3. The number of anilines is 1. The Morgan fingerprint density at radius 2 is 2.08 bits per heavy atom. The van der Waals surface area contributed by atoms with Crippen molar-refractivity contribution in [1.29, 1.82) is 0 Å². The molecule has 4 aromatic rings. The van der Waals surface area contributed by atoms with E-state index in [1.165, 1.54) is 12.1 Å². The molecule has 4 rings (SSSR count). The van der Waals surface area contributed by atoms with Gasteiger partial charge in [-0.2, -0.15) is 5.10 Å². The summed E-state index contributed by atoms with van der Waals surface area (Å²) in [6.07, 6.45) is 6.09. The minimum atomic E-state index is -0.467. The Hall–Kier alpha value is -3.55. The number of imidazole rings is 1. The fourth-order valence-electron chi connectivity index (χ4n) is 2.61. The third-order valence-corrected chi connectivity index (χ3v) is 3.81. The van der Waals surface area contributed by atoms with Gasteiger partial charge in [-0.25, -0.2) is 18.9 Å². The van der Waals surface area contributed by atoms with Gasteiger partial charge in [-0.1, -0.05) is 0 Å². The van der Waals surface area contributed by atoms with Gasteiger partial charge in [0.15, 0.2) is 0 Å². The summed E-state index contributed by atoms with van der Waals surface area (Å²) >= 11 is 0. The Bertz CT molecular complexity index is 1070. The van der Waals surface area contributed by atoms with Crippen LogP contribution in [0.4, 0.5) is 10.2 Å². The van der Waals surface area contributed by atoms with E-state index in [0.29, 0.717) is 5.69 Å². The van der Waals surface area contributed by atoms with Crippen LogP contribution in [0.15, 0.2) is 55.2 Å². The SMILES string of the molecule is Cn1cncc1-c1cc(C(=O)Nc2ccc(F)cn2)n2nccc2c1. The average molecular weight is 336 g/mol. The van der Waals surface area contributed by atoms with Gasteiger partial charge < -0.3 is 9.88 Å². The molecular formula is C17H13FN6O. The molecule has 0 aliphatic rings. The number of carbonyl (C=O) groups is 1. The molecule has 4 aromatic heterocycles. The molecule has 0 radical (unpaired) electrons. The van der Waals surface area contributed by atoms with Gasteiger partial charge in [-0.05, 0) is 30.3 Å². The van der Waals surface area contributed by atoms with Gasteiger partial charge in [0.25, 0.3) is 5.91 Å². The van der Waals surface area contributed by atoms with Crippen LogP contribution >= 0.6 is 0 Å². The second kappa shape index (κ2) is 5.82. The van der Waals surface area contributed by atoms with Gasteiger partial charge in [-0.3, -0.25) is 4.79 Å². The van der Waals surface area contributed by atoms with Crippen LogP contribution in [0.2, 0.25) is 0 Å². The van der Waals surface area contributed by atoms with Gasteiger partial charge >= 0.3 is 0 Å². The zero-order valence-electron chi connectivity index (χ0n) is 13.2. The maximum absolute atomic E-state index is 13.0. The predicted octanol–water partition coefficient (Wildman–Crippen LogP) is 2.52. The average Bonchev–Trinajstić information content (AvgIpc) is 3.24. The minimum absolute atomic E-state index is 0.262. The van der Waals surface area contributed by atoms with Gasteiger partial charge in [0.2, 0.25) is 0 Å². The van der Waals surface area contributed by atoms with Crippen molar-refractivity contribution in [2.75, 3.05) is 5.32 Å². The van der Waals surface area contributed by atoms with E-state index in [1.54, 1.807) is 29.3 Å².